The Morgan fingerprint density at radius 2 is 2.14 bits per heavy atom. The van der Waals surface area contributed by atoms with Crippen LogP contribution in [0, 0.1) is 18.3 Å². The first-order chi connectivity index (χ1) is 10.1. The van der Waals surface area contributed by atoms with Crippen molar-refractivity contribution in [3.05, 3.63) is 59.0 Å². The second-order valence-electron chi connectivity index (χ2n) is 4.91. The first-order valence-electron chi connectivity index (χ1n) is 6.55. The number of hydrogen-bond donors (Lipinski definition) is 1. The molecule has 2 rings (SSSR count). The lowest BCUT2D eigenvalue weighted by Crippen LogP contribution is -2.28. The molecule has 0 unspecified atom stereocenters. The first-order valence-corrected chi connectivity index (χ1v) is 6.55. The summed E-state index contributed by atoms with van der Waals surface area (Å²) >= 11 is 0. The Labute approximate surface area is 123 Å². The van der Waals surface area contributed by atoms with Gasteiger partial charge in [0.05, 0.1) is 13.1 Å². The molecule has 5 nitrogen and oxygen atoms in total. The highest BCUT2D eigenvalue weighted by molar-refractivity contribution is 5.69. The molecule has 0 saturated carbocycles. The van der Waals surface area contributed by atoms with E-state index in [1.54, 1.807) is 17.0 Å². The van der Waals surface area contributed by atoms with Gasteiger partial charge in [-0.05, 0) is 24.6 Å². The molecule has 2 aromatic rings. The van der Waals surface area contributed by atoms with Crippen LogP contribution in [0.5, 0.6) is 0 Å². The van der Waals surface area contributed by atoms with Crippen molar-refractivity contribution in [1.82, 2.24) is 4.90 Å². The van der Waals surface area contributed by atoms with E-state index in [1.165, 1.54) is 0 Å². The third-order valence-corrected chi connectivity index (χ3v) is 3.00. The Hall–Kier alpha value is -2.58. The SMILES string of the molecule is Cc1cccc(CN(CC(=O)O)Cc2ccc(C#N)o2)c1. The minimum absolute atomic E-state index is 0.0868. The molecule has 1 aromatic carbocycles. The van der Waals surface area contributed by atoms with Crippen molar-refractivity contribution in [2.45, 2.75) is 20.0 Å². The zero-order valence-corrected chi connectivity index (χ0v) is 11.7. The fraction of sp³-hybridized carbons (Fsp3) is 0.250. The minimum atomic E-state index is -0.894. The quantitative estimate of drug-likeness (QED) is 0.882. The molecule has 0 amide bonds. The zero-order chi connectivity index (χ0) is 15.2. The standard InChI is InChI=1S/C16H16N2O3/c1-12-3-2-4-13(7-12)9-18(11-16(19)20)10-15-6-5-14(8-17)21-15/h2-7H,9-11H2,1H3,(H,19,20). The van der Waals surface area contributed by atoms with Crippen molar-refractivity contribution < 1.29 is 14.3 Å². The van der Waals surface area contributed by atoms with Gasteiger partial charge in [0, 0.05) is 6.54 Å². The highest BCUT2D eigenvalue weighted by Gasteiger charge is 2.13. The van der Waals surface area contributed by atoms with Crippen LogP contribution in [0.25, 0.3) is 0 Å². The van der Waals surface area contributed by atoms with E-state index in [2.05, 4.69) is 0 Å². The Balaban J connectivity index is 2.10. The molecule has 0 aliphatic carbocycles. The predicted octanol–water partition coefficient (Wildman–Crippen LogP) is 2.55. The number of hydrogen-bond acceptors (Lipinski definition) is 4. The molecule has 0 bridgehead atoms. The van der Waals surface area contributed by atoms with Crippen molar-refractivity contribution in [1.29, 1.82) is 5.26 Å². The molecule has 1 aromatic heterocycles. The number of aliphatic carboxylic acids is 1. The fourth-order valence-electron chi connectivity index (χ4n) is 2.17. The molecule has 1 heterocycles. The Bertz CT molecular complexity index is 670. The number of rotatable bonds is 6. The zero-order valence-electron chi connectivity index (χ0n) is 11.7. The van der Waals surface area contributed by atoms with Gasteiger partial charge in [-0.25, -0.2) is 0 Å². The summed E-state index contributed by atoms with van der Waals surface area (Å²) in [6, 6.07) is 13.1. The molecule has 5 heteroatoms. The maximum atomic E-state index is 11.0. The van der Waals surface area contributed by atoms with Crippen molar-refractivity contribution in [2.75, 3.05) is 6.54 Å². The molecule has 0 fully saturated rings. The van der Waals surface area contributed by atoms with E-state index in [9.17, 15) is 4.79 Å². The van der Waals surface area contributed by atoms with Crippen molar-refractivity contribution in [2.24, 2.45) is 0 Å². The molecule has 21 heavy (non-hydrogen) atoms. The average molecular weight is 284 g/mol. The number of furan rings is 1. The maximum absolute atomic E-state index is 11.0. The summed E-state index contributed by atoms with van der Waals surface area (Å²) in [7, 11) is 0. The number of carboxylic acid groups (broad SMARTS) is 1. The number of aryl methyl sites for hydroxylation is 1. The van der Waals surface area contributed by atoms with Crippen molar-refractivity contribution in [3.8, 4) is 6.07 Å². The van der Waals surface area contributed by atoms with Crippen LogP contribution in [-0.4, -0.2) is 22.5 Å². The third kappa shape index (κ3) is 4.48. The van der Waals surface area contributed by atoms with Gasteiger partial charge in [-0.15, -0.1) is 0 Å². The van der Waals surface area contributed by atoms with Crippen LogP contribution < -0.4 is 0 Å². The van der Waals surface area contributed by atoms with Gasteiger partial charge in [-0.3, -0.25) is 9.69 Å². The molecule has 0 radical (unpaired) electrons. The van der Waals surface area contributed by atoms with E-state index in [4.69, 9.17) is 14.8 Å². The van der Waals surface area contributed by atoms with Crippen LogP contribution >= 0.6 is 0 Å². The summed E-state index contributed by atoms with van der Waals surface area (Å²) in [6.45, 7) is 2.77. The van der Waals surface area contributed by atoms with Crippen molar-refractivity contribution >= 4 is 5.97 Å². The topological polar surface area (TPSA) is 77.5 Å². The monoisotopic (exact) mass is 284 g/mol. The van der Waals surface area contributed by atoms with E-state index < -0.39 is 5.97 Å². The number of benzene rings is 1. The minimum Gasteiger partial charge on any atom is -0.480 e. The normalized spacial score (nSPS) is 10.5. The van der Waals surface area contributed by atoms with Gasteiger partial charge in [-0.1, -0.05) is 29.8 Å². The molecule has 0 aliphatic heterocycles. The second kappa shape index (κ2) is 6.73. The lowest BCUT2D eigenvalue weighted by Gasteiger charge is -2.19. The summed E-state index contributed by atoms with van der Waals surface area (Å²) in [6.07, 6.45) is 0. The number of nitrogens with zero attached hydrogens (tertiary/aromatic N) is 2. The third-order valence-electron chi connectivity index (χ3n) is 3.00. The Morgan fingerprint density at radius 1 is 1.33 bits per heavy atom. The molecule has 0 atom stereocenters. The summed E-state index contributed by atoms with van der Waals surface area (Å²) in [5.74, 6) is -0.0778. The molecule has 0 saturated heterocycles. The van der Waals surface area contributed by atoms with Crippen LogP contribution in [0.3, 0.4) is 0 Å². The van der Waals surface area contributed by atoms with Gasteiger partial charge in [-0.2, -0.15) is 5.26 Å². The average Bonchev–Trinajstić information content (AvgIpc) is 2.85. The summed E-state index contributed by atoms with van der Waals surface area (Å²) in [5.41, 5.74) is 2.18. The second-order valence-corrected chi connectivity index (χ2v) is 4.91. The molecule has 0 aliphatic rings. The van der Waals surface area contributed by atoms with Crippen LogP contribution in [0.15, 0.2) is 40.8 Å². The highest BCUT2D eigenvalue weighted by atomic mass is 16.4. The molecule has 108 valence electrons. The lowest BCUT2D eigenvalue weighted by atomic mass is 10.1. The van der Waals surface area contributed by atoms with Gasteiger partial charge >= 0.3 is 5.97 Å². The van der Waals surface area contributed by atoms with Gasteiger partial charge in [0.25, 0.3) is 0 Å². The smallest absolute Gasteiger partial charge is 0.317 e. The summed E-state index contributed by atoms with van der Waals surface area (Å²) in [5, 5.41) is 17.8. The number of carbonyl (C=O) groups is 1. The Morgan fingerprint density at radius 3 is 2.76 bits per heavy atom. The summed E-state index contributed by atoms with van der Waals surface area (Å²) < 4.78 is 5.31. The fourth-order valence-corrected chi connectivity index (χ4v) is 2.17. The molecular weight excluding hydrogens is 268 g/mol. The van der Waals surface area contributed by atoms with Gasteiger partial charge in [0.2, 0.25) is 5.76 Å². The number of nitriles is 1. The van der Waals surface area contributed by atoms with E-state index >= 15 is 0 Å². The van der Waals surface area contributed by atoms with Gasteiger partial charge in [0.15, 0.2) is 0 Å². The number of carboxylic acids is 1. The lowest BCUT2D eigenvalue weighted by molar-refractivity contribution is -0.138. The van der Waals surface area contributed by atoms with E-state index in [-0.39, 0.29) is 12.3 Å². The van der Waals surface area contributed by atoms with E-state index in [0.717, 1.165) is 11.1 Å². The summed E-state index contributed by atoms with van der Waals surface area (Å²) in [4.78, 5) is 12.8. The highest BCUT2D eigenvalue weighted by Crippen LogP contribution is 2.13. The maximum Gasteiger partial charge on any atom is 0.317 e. The molecule has 0 spiro atoms. The molecular formula is C16H16N2O3. The first kappa shape index (κ1) is 14.8. The Kier molecular flexibility index (Phi) is 4.75. The van der Waals surface area contributed by atoms with Crippen LogP contribution in [0.2, 0.25) is 0 Å². The van der Waals surface area contributed by atoms with Crippen LogP contribution in [-0.2, 0) is 17.9 Å². The van der Waals surface area contributed by atoms with Crippen molar-refractivity contribution in [3.63, 3.8) is 0 Å². The largest absolute Gasteiger partial charge is 0.480 e. The molecule has 1 N–H and O–H groups in total. The van der Waals surface area contributed by atoms with E-state index in [0.29, 0.717) is 18.8 Å². The van der Waals surface area contributed by atoms with Crippen LogP contribution in [0.1, 0.15) is 22.6 Å². The predicted molar refractivity (Wildman–Crippen MR) is 76.4 cm³/mol. The van der Waals surface area contributed by atoms with E-state index in [1.807, 2.05) is 37.3 Å². The van der Waals surface area contributed by atoms with Crippen LogP contribution in [0.4, 0.5) is 0 Å². The van der Waals surface area contributed by atoms with Gasteiger partial charge in [0.1, 0.15) is 11.8 Å². The van der Waals surface area contributed by atoms with Gasteiger partial charge < -0.3 is 9.52 Å².